The fraction of sp³-hybridized carbons (Fsp3) is 0.643. The van der Waals surface area contributed by atoms with Crippen LogP contribution in [0.15, 0.2) is 24.1 Å². The monoisotopic (exact) mass is 251 g/mol. The molecule has 4 atom stereocenters. The van der Waals surface area contributed by atoms with Crippen molar-refractivity contribution < 1.29 is 14.3 Å². The van der Waals surface area contributed by atoms with Gasteiger partial charge in [-0.05, 0) is 33.1 Å². The summed E-state index contributed by atoms with van der Waals surface area (Å²) in [6.45, 7) is 6.27. The molecule has 100 valence electrons. The fourth-order valence-electron chi connectivity index (χ4n) is 2.88. The molecule has 0 saturated carbocycles. The lowest BCUT2D eigenvalue weighted by Crippen LogP contribution is -2.40. The lowest BCUT2D eigenvalue weighted by Gasteiger charge is -2.34. The Morgan fingerprint density at radius 1 is 1.56 bits per heavy atom. The molecular formula is C14H21NO3. The first-order valence-electron chi connectivity index (χ1n) is 6.41. The van der Waals surface area contributed by atoms with Crippen LogP contribution in [0.3, 0.4) is 0 Å². The molecule has 1 aliphatic heterocycles. The molecule has 0 aromatic carbocycles. The summed E-state index contributed by atoms with van der Waals surface area (Å²) in [4.78, 5) is 13.8. The summed E-state index contributed by atoms with van der Waals surface area (Å²) in [5, 5.41) is 0. The van der Waals surface area contributed by atoms with Gasteiger partial charge in [0.15, 0.2) is 6.23 Å². The molecule has 2 rings (SSSR count). The van der Waals surface area contributed by atoms with Gasteiger partial charge in [0.05, 0.1) is 13.0 Å². The summed E-state index contributed by atoms with van der Waals surface area (Å²) < 4.78 is 10.3. The highest BCUT2D eigenvalue weighted by Crippen LogP contribution is 2.33. The highest BCUT2D eigenvalue weighted by Gasteiger charge is 2.35. The molecular weight excluding hydrogens is 230 g/mol. The molecule has 0 amide bonds. The second-order valence-corrected chi connectivity index (χ2v) is 5.06. The Bertz CT molecular complexity index is 389. The minimum atomic E-state index is -0.140. The maximum absolute atomic E-state index is 11.5. The van der Waals surface area contributed by atoms with Gasteiger partial charge in [-0.15, -0.1) is 0 Å². The standard InChI is InChI=1S/C14H21NO3/c1-9-8-18-11(3)15(9)10(2)12-5-6-13(7-12)14(16)17-4/h5-6,8,10-13H,7H2,1-4H3/t10?,11?,12-,13?/m1/s1. The van der Waals surface area contributed by atoms with Gasteiger partial charge in [0.1, 0.15) is 6.26 Å². The number of ether oxygens (including phenoxy) is 2. The van der Waals surface area contributed by atoms with Crippen LogP contribution in [-0.2, 0) is 14.3 Å². The molecule has 0 bridgehead atoms. The number of carbonyl (C=O) groups is 1. The van der Waals surface area contributed by atoms with Crippen LogP contribution < -0.4 is 0 Å². The minimum absolute atomic E-state index is 0.0746. The van der Waals surface area contributed by atoms with E-state index in [-0.39, 0.29) is 18.1 Å². The van der Waals surface area contributed by atoms with E-state index in [1.54, 1.807) is 6.26 Å². The molecule has 0 aromatic rings. The molecule has 1 aliphatic carbocycles. The average Bonchev–Trinajstić information content (AvgIpc) is 2.95. The Balaban J connectivity index is 2.00. The van der Waals surface area contributed by atoms with Gasteiger partial charge in [0, 0.05) is 11.7 Å². The third-order valence-corrected chi connectivity index (χ3v) is 3.91. The van der Waals surface area contributed by atoms with E-state index in [1.165, 1.54) is 7.11 Å². The van der Waals surface area contributed by atoms with E-state index in [9.17, 15) is 4.79 Å². The molecule has 0 radical (unpaired) electrons. The summed E-state index contributed by atoms with van der Waals surface area (Å²) >= 11 is 0. The van der Waals surface area contributed by atoms with Crippen LogP contribution in [0.25, 0.3) is 0 Å². The number of hydrogen-bond donors (Lipinski definition) is 0. The molecule has 4 heteroatoms. The average molecular weight is 251 g/mol. The van der Waals surface area contributed by atoms with Crippen molar-refractivity contribution in [3.8, 4) is 0 Å². The summed E-state index contributed by atoms with van der Waals surface area (Å²) in [6, 6.07) is 0.324. The Labute approximate surface area is 108 Å². The molecule has 4 nitrogen and oxygen atoms in total. The highest BCUT2D eigenvalue weighted by atomic mass is 16.5. The molecule has 0 fully saturated rings. The Kier molecular flexibility index (Phi) is 3.64. The van der Waals surface area contributed by atoms with Crippen LogP contribution in [0.2, 0.25) is 0 Å². The number of allylic oxidation sites excluding steroid dienone is 1. The van der Waals surface area contributed by atoms with Crippen LogP contribution in [0.1, 0.15) is 27.2 Å². The summed E-state index contributed by atoms with van der Waals surface area (Å²) in [5.41, 5.74) is 1.14. The zero-order valence-corrected chi connectivity index (χ0v) is 11.4. The van der Waals surface area contributed by atoms with Crippen LogP contribution >= 0.6 is 0 Å². The van der Waals surface area contributed by atoms with E-state index in [4.69, 9.17) is 9.47 Å². The van der Waals surface area contributed by atoms with Gasteiger partial charge >= 0.3 is 5.97 Å². The van der Waals surface area contributed by atoms with Crippen LogP contribution in [0.4, 0.5) is 0 Å². The van der Waals surface area contributed by atoms with Gasteiger partial charge in [-0.25, -0.2) is 0 Å². The first kappa shape index (κ1) is 13.0. The highest BCUT2D eigenvalue weighted by molar-refractivity contribution is 5.74. The molecule has 18 heavy (non-hydrogen) atoms. The van der Waals surface area contributed by atoms with Crippen molar-refractivity contribution in [3.63, 3.8) is 0 Å². The van der Waals surface area contributed by atoms with Crippen molar-refractivity contribution in [1.82, 2.24) is 4.90 Å². The van der Waals surface area contributed by atoms with E-state index >= 15 is 0 Å². The van der Waals surface area contributed by atoms with Crippen molar-refractivity contribution in [2.75, 3.05) is 7.11 Å². The maximum Gasteiger partial charge on any atom is 0.312 e. The summed E-state index contributed by atoms with van der Waals surface area (Å²) in [6.07, 6.45) is 6.80. The maximum atomic E-state index is 11.5. The minimum Gasteiger partial charge on any atom is -0.477 e. The lowest BCUT2D eigenvalue weighted by molar-refractivity contribution is -0.143. The molecule has 0 N–H and O–H groups in total. The molecule has 1 heterocycles. The zero-order chi connectivity index (χ0) is 13.3. The SMILES string of the molecule is COC(=O)C1C=C[C@@H](C(C)N2C(C)=COC2C)C1. The molecule has 0 spiro atoms. The quantitative estimate of drug-likeness (QED) is 0.570. The van der Waals surface area contributed by atoms with Gasteiger partial charge in [-0.2, -0.15) is 0 Å². The van der Waals surface area contributed by atoms with Gasteiger partial charge in [0.2, 0.25) is 0 Å². The lowest BCUT2D eigenvalue weighted by atomic mass is 9.95. The normalized spacial score (nSPS) is 32.1. The van der Waals surface area contributed by atoms with Crippen LogP contribution in [0, 0.1) is 11.8 Å². The van der Waals surface area contributed by atoms with Gasteiger partial charge in [-0.1, -0.05) is 12.2 Å². The predicted octanol–water partition coefficient (Wildman–Crippen LogP) is 2.28. The van der Waals surface area contributed by atoms with Crippen molar-refractivity contribution >= 4 is 5.97 Å². The summed E-state index contributed by atoms with van der Waals surface area (Å²) in [5.74, 6) is 0.131. The van der Waals surface area contributed by atoms with Crippen molar-refractivity contribution in [2.24, 2.45) is 11.8 Å². The molecule has 0 saturated heterocycles. The second kappa shape index (κ2) is 5.04. The smallest absolute Gasteiger partial charge is 0.312 e. The van der Waals surface area contributed by atoms with Crippen molar-refractivity contribution in [1.29, 1.82) is 0 Å². The van der Waals surface area contributed by atoms with E-state index in [2.05, 4.69) is 24.8 Å². The Morgan fingerprint density at radius 2 is 2.28 bits per heavy atom. The van der Waals surface area contributed by atoms with Crippen molar-refractivity contribution in [3.05, 3.63) is 24.1 Å². The number of rotatable bonds is 3. The number of methoxy groups -OCH3 is 1. The van der Waals surface area contributed by atoms with E-state index < -0.39 is 0 Å². The van der Waals surface area contributed by atoms with Crippen molar-refractivity contribution in [2.45, 2.75) is 39.5 Å². The second-order valence-electron chi connectivity index (χ2n) is 5.06. The number of nitrogens with zero attached hydrogens (tertiary/aromatic N) is 1. The molecule has 3 unspecified atom stereocenters. The summed E-state index contributed by atoms with van der Waals surface area (Å²) in [7, 11) is 1.44. The largest absolute Gasteiger partial charge is 0.477 e. The zero-order valence-electron chi connectivity index (χ0n) is 11.4. The van der Waals surface area contributed by atoms with Crippen LogP contribution in [0.5, 0.6) is 0 Å². The first-order valence-corrected chi connectivity index (χ1v) is 6.41. The van der Waals surface area contributed by atoms with Gasteiger partial charge in [0.25, 0.3) is 0 Å². The third-order valence-electron chi connectivity index (χ3n) is 3.91. The van der Waals surface area contributed by atoms with Gasteiger partial charge < -0.3 is 14.4 Å². The van der Waals surface area contributed by atoms with Gasteiger partial charge in [-0.3, -0.25) is 4.79 Å². The van der Waals surface area contributed by atoms with E-state index in [1.807, 2.05) is 13.0 Å². The van der Waals surface area contributed by atoms with E-state index in [0.29, 0.717) is 12.0 Å². The Morgan fingerprint density at radius 3 is 2.83 bits per heavy atom. The van der Waals surface area contributed by atoms with E-state index in [0.717, 1.165) is 12.1 Å². The molecule has 0 aromatic heterocycles. The Hall–Kier alpha value is -1.45. The third kappa shape index (κ3) is 2.24. The number of carbonyl (C=O) groups excluding carboxylic acids is 1. The molecule has 2 aliphatic rings. The number of hydrogen-bond acceptors (Lipinski definition) is 4. The first-order chi connectivity index (χ1) is 8.54. The topological polar surface area (TPSA) is 38.8 Å². The fourth-order valence-corrected chi connectivity index (χ4v) is 2.88. The van der Waals surface area contributed by atoms with Crippen LogP contribution in [-0.4, -0.2) is 30.2 Å². The number of esters is 1. The predicted molar refractivity (Wildman–Crippen MR) is 68.4 cm³/mol.